The Morgan fingerprint density at radius 3 is 2.80 bits per heavy atom. The lowest BCUT2D eigenvalue weighted by Crippen LogP contribution is -2.26. The molecule has 0 aliphatic heterocycles. The van der Waals surface area contributed by atoms with E-state index in [1.54, 1.807) is 7.11 Å². The summed E-state index contributed by atoms with van der Waals surface area (Å²) in [6.45, 7) is 3.93. The van der Waals surface area contributed by atoms with E-state index < -0.39 is 0 Å². The smallest absolute Gasteiger partial charge is 0.0667 e. The summed E-state index contributed by atoms with van der Waals surface area (Å²) in [6.07, 6.45) is 1.33. The van der Waals surface area contributed by atoms with E-state index in [0.29, 0.717) is 6.10 Å². The van der Waals surface area contributed by atoms with Crippen LogP contribution in [0.15, 0.2) is 0 Å². The number of hydrogen-bond acceptors (Lipinski definition) is 2. The van der Waals surface area contributed by atoms with E-state index in [1.807, 2.05) is 6.92 Å². The van der Waals surface area contributed by atoms with Crippen molar-refractivity contribution in [3.8, 4) is 0 Å². The monoisotopic (exact) mass is 165 g/mol. The highest BCUT2D eigenvalue weighted by Crippen LogP contribution is 1.85. The number of hydrogen-bond donors (Lipinski definition) is 1. The first-order valence-electron chi connectivity index (χ1n) is 3.60. The van der Waals surface area contributed by atoms with Crippen LogP contribution in [0.25, 0.3) is 0 Å². The molecule has 1 N–H and O–H groups in total. The standard InChI is InChI=1S/C7H16ClNO/c1-7(10-2)6-9-5-3-4-8/h7,9H,3-6H2,1-2H3. The lowest BCUT2D eigenvalue weighted by atomic mass is 10.4. The average molecular weight is 166 g/mol. The summed E-state index contributed by atoms with van der Waals surface area (Å²) >= 11 is 5.48. The van der Waals surface area contributed by atoms with Gasteiger partial charge in [0.2, 0.25) is 0 Å². The van der Waals surface area contributed by atoms with E-state index in [2.05, 4.69) is 5.32 Å². The third kappa shape index (κ3) is 6.33. The maximum absolute atomic E-state index is 5.48. The van der Waals surface area contributed by atoms with Crippen LogP contribution in [0.5, 0.6) is 0 Å². The van der Waals surface area contributed by atoms with Crippen LogP contribution < -0.4 is 5.32 Å². The van der Waals surface area contributed by atoms with Crippen molar-refractivity contribution >= 4 is 11.6 Å². The first-order chi connectivity index (χ1) is 4.81. The van der Waals surface area contributed by atoms with Gasteiger partial charge in [0.25, 0.3) is 0 Å². The molecule has 0 aromatic carbocycles. The van der Waals surface area contributed by atoms with Gasteiger partial charge in [-0.2, -0.15) is 0 Å². The van der Waals surface area contributed by atoms with E-state index >= 15 is 0 Å². The lowest BCUT2D eigenvalue weighted by molar-refractivity contribution is 0.117. The first-order valence-corrected chi connectivity index (χ1v) is 4.14. The molecule has 0 spiro atoms. The van der Waals surface area contributed by atoms with Crippen LogP contribution in [0.4, 0.5) is 0 Å². The SMILES string of the molecule is COC(C)CNCCCCl. The van der Waals surface area contributed by atoms with Crippen molar-refractivity contribution in [3.63, 3.8) is 0 Å². The Morgan fingerprint density at radius 2 is 2.30 bits per heavy atom. The van der Waals surface area contributed by atoms with E-state index in [1.165, 1.54) is 0 Å². The van der Waals surface area contributed by atoms with E-state index in [4.69, 9.17) is 16.3 Å². The second kappa shape index (κ2) is 7.32. The molecule has 1 atom stereocenters. The van der Waals surface area contributed by atoms with Gasteiger partial charge in [-0.05, 0) is 19.9 Å². The van der Waals surface area contributed by atoms with Crippen LogP contribution in [0.3, 0.4) is 0 Å². The third-order valence-corrected chi connectivity index (χ3v) is 1.59. The molecule has 0 rings (SSSR count). The Kier molecular flexibility index (Phi) is 7.47. The maximum atomic E-state index is 5.48. The molecule has 0 fully saturated rings. The number of nitrogens with one attached hydrogen (secondary N) is 1. The van der Waals surface area contributed by atoms with Crippen molar-refractivity contribution in [2.24, 2.45) is 0 Å². The van der Waals surface area contributed by atoms with Gasteiger partial charge in [-0.15, -0.1) is 11.6 Å². The zero-order valence-corrected chi connectivity index (χ0v) is 7.45. The lowest BCUT2D eigenvalue weighted by Gasteiger charge is -2.09. The van der Waals surface area contributed by atoms with Gasteiger partial charge in [-0.25, -0.2) is 0 Å². The quantitative estimate of drug-likeness (QED) is 0.473. The zero-order chi connectivity index (χ0) is 7.82. The van der Waals surface area contributed by atoms with Crippen molar-refractivity contribution in [2.75, 3.05) is 26.1 Å². The van der Waals surface area contributed by atoms with Crippen LogP contribution in [0.2, 0.25) is 0 Å². The predicted octanol–water partition coefficient (Wildman–Crippen LogP) is 1.24. The number of methoxy groups -OCH3 is 1. The summed E-state index contributed by atoms with van der Waals surface area (Å²) < 4.78 is 5.03. The van der Waals surface area contributed by atoms with Crippen molar-refractivity contribution in [3.05, 3.63) is 0 Å². The summed E-state index contributed by atoms with van der Waals surface area (Å²) in [5.74, 6) is 0.731. The van der Waals surface area contributed by atoms with E-state index in [0.717, 1.165) is 25.4 Å². The Labute approximate surface area is 67.9 Å². The molecule has 0 aliphatic carbocycles. The highest BCUT2D eigenvalue weighted by Gasteiger charge is 1.95. The maximum Gasteiger partial charge on any atom is 0.0667 e. The van der Waals surface area contributed by atoms with Gasteiger partial charge in [0.05, 0.1) is 6.10 Å². The topological polar surface area (TPSA) is 21.3 Å². The summed E-state index contributed by atoms with van der Waals surface area (Å²) in [5.41, 5.74) is 0. The number of alkyl halides is 1. The summed E-state index contributed by atoms with van der Waals surface area (Å²) in [5, 5.41) is 3.23. The molecule has 0 amide bonds. The molecule has 0 heterocycles. The molecule has 0 aromatic heterocycles. The molecule has 0 saturated carbocycles. The van der Waals surface area contributed by atoms with Gasteiger partial charge in [0.1, 0.15) is 0 Å². The van der Waals surface area contributed by atoms with Crippen LogP contribution in [-0.2, 0) is 4.74 Å². The van der Waals surface area contributed by atoms with Crippen LogP contribution >= 0.6 is 11.6 Å². The largest absolute Gasteiger partial charge is 0.380 e. The minimum Gasteiger partial charge on any atom is -0.380 e. The molecule has 1 unspecified atom stereocenters. The Balaban J connectivity index is 2.89. The molecular weight excluding hydrogens is 150 g/mol. The fourth-order valence-electron chi connectivity index (χ4n) is 0.580. The predicted molar refractivity (Wildman–Crippen MR) is 44.7 cm³/mol. The summed E-state index contributed by atoms with van der Waals surface area (Å²) in [6, 6.07) is 0. The average Bonchev–Trinajstić information content (AvgIpc) is 1.98. The van der Waals surface area contributed by atoms with Crippen LogP contribution in [-0.4, -0.2) is 32.2 Å². The van der Waals surface area contributed by atoms with Crippen molar-refractivity contribution in [1.82, 2.24) is 5.32 Å². The Morgan fingerprint density at radius 1 is 1.60 bits per heavy atom. The molecule has 0 aromatic rings. The van der Waals surface area contributed by atoms with Gasteiger partial charge < -0.3 is 10.1 Å². The van der Waals surface area contributed by atoms with E-state index in [-0.39, 0.29) is 0 Å². The zero-order valence-electron chi connectivity index (χ0n) is 6.69. The van der Waals surface area contributed by atoms with Gasteiger partial charge >= 0.3 is 0 Å². The highest BCUT2D eigenvalue weighted by atomic mass is 35.5. The molecule has 2 nitrogen and oxygen atoms in total. The Hall–Kier alpha value is 0.210. The van der Waals surface area contributed by atoms with Crippen molar-refractivity contribution in [2.45, 2.75) is 19.4 Å². The minimum atomic E-state index is 0.301. The fraction of sp³-hybridized carbons (Fsp3) is 1.00. The van der Waals surface area contributed by atoms with Crippen LogP contribution in [0.1, 0.15) is 13.3 Å². The van der Waals surface area contributed by atoms with Crippen LogP contribution in [0, 0.1) is 0 Å². The number of rotatable bonds is 6. The molecular formula is C7H16ClNO. The van der Waals surface area contributed by atoms with Crippen molar-refractivity contribution < 1.29 is 4.74 Å². The molecule has 62 valence electrons. The normalized spacial score (nSPS) is 13.5. The second-order valence-corrected chi connectivity index (χ2v) is 2.67. The Bertz CT molecular complexity index is 70.6. The fourth-order valence-corrected chi connectivity index (χ4v) is 0.714. The van der Waals surface area contributed by atoms with Gasteiger partial charge in [0.15, 0.2) is 0 Å². The first kappa shape index (κ1) is 10.2. The highest BCUT2D eigenvalue weighted by molar-refractivity contribution is 6.17. The molecule has 3 heteroatoms. The van der Waals surface area contributed by atoms with E-state index in [9.17, 15) is 0 Å². The molecule has 0 radical (unpaired) electrons. The molecule has 0 bridgehead atoms. The molecule has 0 aliphatic rings. The number of ether oxygens (including phenoxy) is 1. The van der Waals surface area contributed by atoms with Gasteiger partial charge in [-0.3, -0.25) is 0 Å². The minimum absolute atomic E-state index is 0.301. The van der Waals surface area contributed by atoms with Gasteiger partial charge in [-0.1, -0.05) is 0 Å². The summed E-state index contributed by atoms with van der Waals surface area (Å²) in [4.78, 5) is 0. The third-order valence-electron chi connectivity index (χ3n) is 1.32. The molecule has 0 saturated heterocycles. The van der Waals surface area contributed by atoms with Crippen molar-refractivity contribution in [1.29, 1.82) is 0 Å². The second-order valence-electron chi connectivity index (χ2n) is 2.29. The summed E-state index contributed by atoms with van der Waals surface area (Å²) in [7, 11) is 1.72. The number of halogens is 1. The van der Waals surface area contributed by atoms with Gasteiger partial charge in [0, 0.05) is 19.5 Å². The molecule has 10 heavy (non-hydrogen) atoms.